The maximum absolute atomic E-state index is 12.2. The van der Waals surface area contributed by atoms with Crippen LogP contribution >= 0.6 is 11.8 Å². The average molecular weight is 308 g/mol. The summed E-state index contributed by atoms with van der Waals surface area (Å²) < 4.78 is 1.41. The third kappa shape index (κ3) is 2.73. The van der Waals surface area contributed by atoms with Crippen molar-refractivity contribution in [2.45, 2.75) is 19.4 Å². The van der Waals surface area contributed by atoms with Gasteiger partial charge in [-0.15, -0.1) is 0 Å². The molecule has 2 aromatic rings. The fourth-order valence-corrected chi connectivity index (χ4v) is 3.14. The standard InChI is InChI=1S/C14H16N2O4S/c1-3-8(7-21-2)16-10-6-4-5-9(14(19)20)11(10)15-12(17)13(16)18/h4-6,8H,3,7H2,1-2H3,(H,15,17)(H,19,20). The number of hydrogen-bond acceptors (Lipinski definition) is 4. The van der Waals surface area contributed by atoms with E-state index in [0.29, 0.717) is 17.7 Å². The Morgan fingerprint density at radius 2 is 2.14 bits per heavy atom. The summed E-state index contributed by atoms with van der Waals surface area (Å²) in [6, 6.07) is 4.49. The van der Waals surface area contributed by atoms with Crippen molar-refractivity contribution >= 4 is 28.8 Å². The fourth-order valence-electron chi connectivity index (χ4n) is 2.37. The van der Waals surface area contributed by atoms with Crippen LogP contribution in [0.4, 0.5) is 0 Å². The number of aromatic amines is 1. The van der Waals surface area contributed by atoms with Crippen LogP contribution in [0, 0.1) is 0 Å². The van der Waals surface area contributed by atoms with Gasteiger partial charge >= 0.3 is 17.1 Å². The van der Waals surface area contributed by atoms with Crippen molar-refractivity contribution in [2.75, 3.05) is 12.0 Å². The number of aromatic nitrogens is 2. The number of hydrogen-bond donors (Lipinski definition) is 2. The van der Waals surface area contributed by atoms with Gasteiger partial charge in [0, 0.05) is 11.8 Å². The highest BCUT2D eigenvalue weighted by molar-refractivity contribution is 7.98. The smallest absolute Gasteiger partial charge is 0.337 e. The summed E-state index contributed by atoms with van der Waals surface area (Å²) >= 11 is 1.57. The maximum Gasteiger partial charge on any atom is 0.337 e. The maximum atomic E-state index is 12.2. The van der Waals surface area contributed by atoms with Crippen LogP contribution in [0.15, 0.2) is 27.8 Å². The largest absolute Gasteiger partial charge is 0.478 e. The molecule has 1 atom stereocenters. The zero-order valence-electron chi connectivity index (χ0n) is 11.8. The normalized spacial score (nSPS) is 12.5. The van der Waals surface area contributed by atoms with Crippen LogP contribution in [0.3, 0.4) is 0 Å². The highest BCUT2D eigenvalue weighted by atomic mass is 32.2. The number of H-pyrrole nitrogens is 1. The minimum atomic E-state index is -1.14. The number of carboxylic acid groups (broad SMARTS) is 1. The van der Waals surface area contributed by atoms with Crippen molar-refractivity contribution in [3.63, 3.8) is 0 Å². The monoisotopic (exact) mass is 308 g/mol. The molecular weight excluding hydrogens is 292 g/mol. The molecule has 1 aromatic carbocycles. The van der Waals surface area contributed by atoms with Crippen molar-refractivity contribution in [1.82, 2.24) is 9.55 Å². The lowest BCUT2D eigenvalue weighted by molar-refractivity contribution is 0.0698. The molecular formula is C14H16N2O4S. The van der Waals surface area contributed by atoms with E-state index in [1.807, 2.05) is 13.2 Å². The lowest BCUT2D eigenvalue weighted by atomic mass is 10.1. The minimum absolute atomic E-state index is 0.0163. The summed E-state index contributed by atoms with van der Waals surface area (Å²) in [5, 5.41) is 9.22. The van der Waals surface area contributed by atoms with Crippen molar-refractivity contribution in [3.8, 4) is 0 Å². The van der Waals surface area contributed by atoms with Crippen LogP contribution in [0.2, 0.25) is 0 Å². The number of thioether (sulfide) groups is 1. The third-order valence-corrected chi connectivity index (χ3v) is 4.10. The number of nitrogens with one attached hydrogen (secondary N) is 1. The molecule has 0 fully saturated rings. The van der Waals surface area contributed by atoms with E-state index < -0.39 is 17.1 Å². The van der Waals surface area contributed by atoms with Gasteiger partial charge in [0.05, 0.1) is 16.6 Å². The predicted octanol–water partition coefficient (Wildman–Crippen LogP) is 1.70. The Balaban J connectivity index is 2.89. The quantitative estimate of drug-likeness (QED) is 0.820. The van der Waals surface area contributed by atoms with E-state index in [2.05, 4.69) is 4.98 Å². The van der Waals surface area contributed by atoms with Gasteiger partial charge in [-0.25, -0.2) is 4.79 Å². The lowest BCUT2D eigenvalue weighted by Gasteiger charge is -2.19. The van der Waals surface area contributed by atoms with Gasteiger partial charge < -0.3 is 10.1 Å². The van der Waals surface area contributed by atoms with Crippen molar-refractivity contribution in [1.29, 1.82) is 0 Å². The first-order valence-electron chi connectivity index (χ1n) is 6.51. The number of carbonyl (C=O) groups is 1. The van der Waals surface area contributed by atoms with Gasteiger partial charge in [0.1, 0.15) is 0 Å². The average Bonchev–Trinajstić information content (AvgIpc) is 2.46. The summed E-state index contributed by atoms with van der Waals surface area (Å²) in [7, 11) is 0. The molecule has 0 saturated carbocycles. The molecule has 1 aromatic heterocycles. The van der Waals surface area contributed by atoms with Crippen molar-refractivity contribution in [3.05, 3.63) is 44.5 Å². The molecule has 6 nitrogen and oxygen atoms in total. The fraction of sp³-hybridized carbons (Fsp3) is 0.357. The van der Waals surface area contributed by atoms with Gasteiger partial charge in [-0.2, -0.15) is 11.8 Å². The van der Waals surface area contributed by atoms with Crippen LogP contribution in [0.25, 0.3) is 11.0 Å². The van der Waals surface area contributed by atoms with E-state index in [1.54, 1.807) is 23.9 Å². The van der Waals surface area contributed by atoms with E-state index in [4.69, 9.17) is 0 Å². The molecule has 0 aliphatic heterocycles. The van der Waals surface area contributed by atoms with E-state index >= 15 is 0 Å². The molecule has 0 amide bonds. The number of nitrogens with zero attached hydrogens (tertiary/aromatic N) is 1. The second-order valence-electron chi connectivity index (χ2n) is 4.65. The molecule has 0 spiro atoms. The number of benzene rings is 1. The Hall–Kier alpha value is -2.02. The molecule has 1 heterocycles. The van der Waals surface area contributed by atoms with Gasteiger partial charge in [-0.3, -0.25) is 14.2 Å². The van der Waals surface area contributed by atoms with Gasteiger partial charge in [0.15, 0.2) is 0 Å². The Morgan fingerprint density at radius 3 is 2.71 bits per heavy atom. The molecule has 21 heavy (non-hydrogen) atoms. The molecule has 2 rings (SSSR count). The highest BCUT2D eigenvalue weighted by Gasteiger charge is 2.18. The highest BCUT2D eigenvalue weighted by Crippen LogP contribution is 2.21. The van der Waals surface area contributed by atoms with Gasteiger partial charge in [-0.1, -0.05) is 13.0 Å². The number of fused-ring (bicyclic) bond motifs is 1. The Kier molecular flexibility index (Phi) is 4.52. The number of rotatable bonds is 5. The molecule has 0 saturated heterocycles. The molecule has 0 aliphatic rings. The zero-order chi connectivity index (χ0) is 15.6. The molecule has 7 heteroatoms. The van der Waals surface area contributed by atoms with Crippen LogP contribution in [-0.4, -0.2) is 32.6 Å². The van der Waals surface area contributed by atoms with Crippen LogP contribution < -0.4 is 11.1 Å². The third-order valence-electron chi connectivity index (χ3n) is 3.38. The molecule has 0 bridgehead atoms. The van der Waals surface area contributed by atoms with Gasteiger partial charge in [0.2, 0.25) is 0 Å². The van der Waals surface area contributed by atoms with Gasteiger partial charge in [0.25, 0.3) is 0 Å². The SMILES string of the molecule is CCC(CSC)n1c(=O)c(=O)[nH]c2c(C(=O)O)cccc21. The van der Waals surface area contributed by atoms with Crippen LogP contribution in [0.1, 0.15) is 29.7 Å². The van der Waals surface area contributed by atoms with E-state index in [1.165, 1.54) is 10.6 Å². The summed E-state index contributed by atoms with van der Waals surface area (Å²) in [6.45, 7) is 1.93. The molecule has 1 unspecified atom stereocenters. The Morgan fingerprint density at radius 1 is 1.43 bits per heavy atom. The summed E-state index contributed by atoms with van der Waals surface area (Å²) in [6.07, 6.45) is 2.60. The molecule has 2 N–H and O–H groups in total. The van der Waals surface area contributed by atoms with Crippen molar-refractivity contribution in [2.24, 2.45) is 0 Å². The second kappa shape index (κ2) is 6.17. The summed E-state index contributed by atoms with van der Waals surface area (Å²) in [4.78, 5) is 37.7. The Labute approximate surface area is 124 Å². The first-order valence-corrected chi connectivity index (χ1v) is 7.90. The van der Waals surface area contributed by atoms with E-state index in [-0.39, 0.29) is 17.1 Å². The number of para-hydroxylation sites is 1. The van der Waals surface area contributed by atoms with E-state index in [9.17, 15) is 19.5 Å². The predicted molar refractivity (Wildman–Crippen MR) is 83.5 cm³/mol. The topological polar surface area (TPSA) is 92.2 Å². The minimum Gasteiger partial charge on any atom is -0.478 e. The summed E-state index contributed by atoms with van der Waals surface area (Å²) in [5.41, 5.74) is -0.825. The summed E-state index contributed by atoms with van der Waals surface area (Å²) in [5.74, 6) is -0.467. The molecule has 112 valence electrons. The van der Waals surface area contributed by atoms with E-state index in [0.717, 1.165) is 0 Å². The lowest BCUT2D eigenvalue weighted by Crippen LogP contribution is -2.39. The number of carboxylic acids is 1. The molecule has 0 radical (unpaired) electrons. The van der Waals surface area contributed by atoms with Crippen molar-refractivity contribution < 1.29 is 9.90 Å². The zero-order valence-corrected chi connectivity index (χ0v) is 12.6. The molecule has 0 aliphatic carbocycles. The first kappa shape index (κ1) is 15.4. The number of aromatic carboxylic acids is 1. The first-order chi connectivity index (χ1) is 10.0. The Bertz CT molecular complexity index is 794. The van der Waals surface area contributed by atoms with Gasteiger partial charge in [-0.05, 0) is 24.8 Å². The van der Waals surface area contributed by atoms with Crippen LogP contribution in [0.5, 0.6) is 0 Å². The second-order valence-corrected chi connectivity index (χ2v) is 5.56. The van der Waals surface area contributed by atoms with Crippen LogP contribution in [-0.2, 0) is 0 Å².